The lowest BCUT2D eigenvalue weighted by Gasteiger charge is -2.07. The number of aliphatic hydroxyl groups is 1. The van der Waals surface area contributed by atoms with Gasteiger partial charge >= 0.3 is 0 Å². The molecule has 1 saturated carbocycles. The predicted molar refractivity (Wildman–Crippen MR) is 63.6 cm³/mol. The summed E-state index contributed by atoms with van der Waals surface area (Å²) in [5.74, 6) is 0.977. The van der Waals surface area contributed by atoms with E-state index in [0.717, 1.165) is 36.2 Å². The molecular formula is C14H16O2. The molecule has 16 heavy (non-hydrogen) atoms. The number of para-hydroxylation sites is 1. The third kappa shape index (κ3) is 1.45. The molecule has 1 heterocycles. The summed E-state index contributed by atoms with van der Waals surface area (Å²) in [7, 11) is 0. The average molecular weight is 216 g/mol. The molecule has 0 atom stereocenters. The zero-order valence-electron chi connectivity index (χ0n) is 9.71. The van der Waals surface area contributed by atoms with Crippen LogP contribution in [0.3, 0.4) is 0 Å². The first kappa shape index (κ1) is 9.91. The Morgan fingerprint density at radius 1 is 1.31 bits per heavy atom. The van der Waals surface area contributed by atoms with Crippen molar-refractivity contribution >= 4 is 11.0 Å². The van der Waals surface area contributed by atoms with Gasteiger partial charge in [0.25, 0.3) is 0 Å². The fourth-order valence-electron chi connectivity index (χ4n) is 2.23. The quantitative estimate of drug-likeness (QED) is 0.836. The average Bonchev–Trinajstić information content (AvgIpc) is 2.90. The Kier molecular flexibility index (Phi) is 1.93. The van der Waals surface area contributed by atoms with Crippen molar-refractivity contribution in [1.82, 2.24) is 0 Å². The molecule has 3 rings (SSSR count). The van der Waals surface area contributed by atoms with Gasteiger partial charge in [-0.1, -0.05) is 18.2 Å². The molecule has 1 aromatic heterocycles. The summed E-state index contributed by atoms with van der Waals surface area (Å²) in [4.78, 5) is 0. The van der Waals surface area contributed by atoms with Crippen LogP contribution in [0.2, 0.25) is 0 Å². The van der Waals surface area contributed by atoms with E-state index in [1.807, 2.05) is 13.0 Å². The number of fused-ring (bicyclic) bond motifs is 1. The summed E-state index contributed by atoms with van der Waals surface area (Å²) >= 11 is 0. The number of aryl methyl sites for hydroxylation is 2. The highest BCUT2D eigenvalue weighted by Gasteiger charge is 2.40. The van der Waals surface area contributed by atoms with Crippen LogP contribution in [0.4, 0.5) is 0 Å². The standard InChI is InChI=1S/C14H16O2/c1-9-10(2)16-13-11(4-3-5-12(9)13)8-14(15)6-7-14/h3-5,15H,6-8H2,1-2H3. The molecule has 1 fully saturated rings. The summed E-state index contributed by atoms with van der Waals surface area (Å²) in [6.45, 7) is 4.07. The van der Waals surface area contributed by atoms with E-state index in [1.54, 1.807) is 0 Å². The van der Waals surface area contributed by atoms with Crippen molar-refractivity contribution in [3.8, 4) is 0 Å². The largest absolute Gasteiger partial charge is 0.461 e. The van der Waals surface area contributed by atoms with Gasteiger partial charge in [-0.25, -0.2) is 0 Å². The van der Waals surface area contributed by atoms with Crippen LogP contribution < -0.4 is 0 Å². The van der Waals surface area contributed by atoms with Crippen molar-refractivity contribution in [1.29, 1.82) is 0 Å². The van der Waals surface area contributed by atoms with E-state index in [-0.39, 0.29) is 0 Å². The highest BCUT2D eigenvalue weighted by molar-refractivity contribution is 5.84. The van der Waals surface area contributed by atoms with E-state index >= 15 is 0 Å². The number of hydrogen-bond acceptors (Lipinski definition) is 2. The van der Waals surface area contributed by atoms with Gasteiger partial charge in [-0.15, -0.1) is 0 Å². The maximum absolute atomic E-state index is 9.98. The van der Waals surface area contributed by atoms with E-state index in [2.05, 4.69) is 19.1 Å². The van der Waals surface area contributed by atoms with Gasteiger partial charge in [-0.05, 0) is 37.8 Å². The zero-order valence-corrected chi connectivity index (χ0v) is 9.71. The van der Waals surface area contributed by atoms with Gasteiger partial charge in [-0.3, -0.25) is 0 Å². The normalized spacial score (nSPS) is 17.9. The summed E-state index contributed by atoms with van der Waals surface area (Å²) in [5.41, 5.74) is 2.84. The number of hydrogen-bond donors (Lipinski definition) is 1. The second-order valence-corrected chi connectivity index (χ2v) is 4.98. The molecule has 1 aliphatic rings. The number of benzene rings is 1. The lowest BCUT2D eigenvalue weighted by Crippen LogP contribution is -2.10. The molecule has 0 aliphatic heterocycles. The Labute approximate surface area is 94.9 Å². The topological polar surface area (TPSA) is 33.4 Å². The van der Waals surface area contributed by atoms with Crippen molar-refractivity contribution in [2.75, 3.05) is 0 Å². The smallest absolute Gasteiger partial charge is 0.137 e. The summed E-state index contributed by atoms with van der Waals surface area (Å²) in [6, 6.07) is 6.19. The van der Waals surface area contributed by atoms with Gasteiger partial charge in [0, 0.05) is 11.8 Å². The van der Waals surface area contributed by atoms with Crippen molar-refractivity contribution in [3.63, 3.8) is 0 Å². The number of furan rings is 1. The van der Waals surface area contributed by atoms with Crippen LogP contribution in [-0.4, -0.2) is 10.7 Å². The molecule has 2 nitrogen and oxygen atoms in total. The molecule has 84 valence electrons. The highest BCUT2D eigenvalue weighted by Crippen LogP contribution is 2.40. The van der Waals surface area contributed by atoms with Crippen LogP contribution in [0.15, 0.2) is 22.6 Å². The lowest BCUT2D eigenvalue weighted by atomic mass is 10.0. The maximum atomic E-state index is 9.98. The van der Waals surface area contributed by atoms with Crippen molar-refractivity contribution in [2.24, 2.45) is 0 Å². The first-order valence-corrected chi connectivity index (χ1v) is 5.79. The third-order valence-corrected chi connectivity index (χ3v) is 3.63. The molecule has 0 unspecified atom stereocenters. The molecular weight excluding hydrogens is 200 g/mol. The Bertz CT molecular complexity index is 547. The van der Waals surface area contributed by atoms with Gasteiger partial charge in [-0.2, -0.15) is 0 Å². The van der Waals surface area contributed by atoms with Gasteiger partial charge in [0.1, 0.15) is 11.3 Å². The van der Waals surface area contributed by atoms with E-state index in [0.29, 0.717) is 0 Å². The molecule has 1 aromatic carbocycles. The SMILES string of the molecule is Cc1oc2c(CC3(O)CC3)cccc2c1C. The van der Waals surface area contributed by atoms with Crippen molar-refractivity contribution in [3.05, 3.63) is 35.1 Å². The van der Waals surface area contributed by atoms with E-state index < -0.39 is 5.60 Å². The third-order valence-electron chi connectivity index (χ3n) is 3.63. The van der Waals surface area contributed by atoms with Gasteiger partial charge in [0.2, 0.25) is 0 Å². The fraction of sp³-hybridized carbons (Fsp3) is 0.429. The lowest BCUT2D eigenvalue weighted by molar-refractivity contribution is 0.151. The molecule has 0 spiro atoms. The van der Waals surface area contributed by atoms with Gasteiger partial charge in [0.15, 0.2) is 0 Å². The van der Waals surface area contributed by atoms with E-state index in [1.165, 1.54) is 10.9 Å². The molecule has 2 heteroatoms. The summed E-state index contributed by atoms with van der Waals surface area (Å²) in [5, 5.41) is 11.2. The van der Waals surface area contributed by atoms with E-state index in [4.69, 9.17) is 4.42 Å². The molecule has 1 aliphatic carbocycles. The van der Waals surface area contributed by atoms with E-state index in [9.17, 15) is 5.11 Å². The van der Waals surface area contributed by atoms with Gasteiger partial charge < -0.3 is 9.52 Å². The monoisotopic (exact) mass is 216 g/mol. The van der Waals surface area contributed by atoms with Crippen LogP contribution in [0.5, 0.6) is 0 Å². The summed E-state index contributed by atoms with van der Waals surface area (Å²) in [6.07, 6.45) is 2.56. The minimum absolute atomic E-state index is 0.455. The predicted octanol–water partition coefficient (Wildman–Crippen LogP) is 3.12. The van der Waals surface area contributed by atoms with Crippen molar-refractivity contribution in [2.45, 2.75) is 38.7 Å². The fourth-order valence-corrected chi connectivity index (χ4v) is 2.23. The Morgan fingerprint density at radius 2 is 2.06 bits per heavy atom. The second-order valence-electron chi connectivity index (χ2n) is 4.98. The molecule has 0 bridgehead atoms. The van der Waals surface area contributed by atoms with Crippen LogP contribution in [0, 0.1) is 13.8 Å². The zero-order chi connectivity index (χ0) is 11.3. The Balaban J connectivity index is 2.13. The first-order valence-electron chi connectivity index (χ1n) is 5.79. The minimum Gasteiger partial charge on any atom is -0.461 e. The molecule has 1 N–H and O–H groups in total. The minimum atomic E-state index is -0.455. The second kappa shape index (κ2) is 3.11. The Morgan fingerprint density at radius 3 is 2.75 bits per heavy atom. The van der Waals surface area contributed by atoms with Crippen molar-refractivity contribution < 1.29 is 9.52 Å². The van der Waals surface area contributed by atoms with Crippen LogP contribution >= 0.6 is 0 Å². The molecule has 0 amide bonds. The number of rotatable bonds is 2. The Hall–Kier alpha value is -1.28. The van der Waals surface area contributed by atoms with Gasteiger partial charge in [0.05, 0.1) is 5.60 Å². The molecule has 0 saturated heterocycles. The molecule has 0 radical (unpaired) electrons. The first-order chi connectivity index (χ1) is 7.59. The maximum Gasteiger partial charge on any atom is 0.137 e. The van der Waals surface area contributed by atoms with Crippen LogP contribution in [0.25, 0.3) is 11.0 Å². The van der Waals surface area contributed by atoms with Crippen LogP contribution in [0.1, 0.15) is 29.7 Å². The highest BCUT2D eigenvalue weighted by atomic mass is 16.3. The summed E-state index contributed by atoms with van der Waals surface area (Å²) < 4.78 is 5.79. The molecule has 2 aromatic rings. The van der Waals surface area contributed by atoms with Crippen LogP contribution in [-0.2, 0) is 6.42 Å².